The molecule has 0 bridgehead atoms. The Morgan fingerprint density at radius 2 is 1.44 bits per heavy atom. The SMILES string of the molecule is CCCC(C)CC(C)C(CC)C(C)C(C)C. The lowest BCUT2D eigenvalue weighted by atomic mass is 9.73. The normalized spacial score (nSPS) is 19.5. The second kappa shape index (κ2) is 8.14. The van der Waals surface area contributed by atoms with Crippen molar-refractivity contribution in [2.45, 2.75) is 74.1 Å². The van der Waals surface area contributed by atoms with Crippen molar-refractivity contribution in [3.63, 3.8) is 0 Å². The van der Waals surface area contributed by atoms with Crippen molar-refractivity contribution in [1.29, 1.82) is 0 Å². The standard InChI is InChI=1S/C16H34/c1-8-10-13(5)11-14(6)16(9-2)15(7)12(3)4/h12-16H,8-11H2,1-7H3. The molecule has 0 amide bonds. The summed E-state index contributed by atoms with van der Waals surface area (Å²) in [6.07, 6.45) is 5.50. The van der Waals surface area contributed by atoms with E-state index >= 15 is 0 Å². The minimum absolute atomic E-state index is 0.828. The molecule has 16 heavy (non-hydrogen) atoms. The van der Waals surface area contributed by atoms with Gasteiger partial charge in [-0.3, -0.25) is 0 Å². The van der Waals surface area contributed by atoms with Crippen LogP contribution in [0, 0.1) is 29.6 Å². The lowest BCUT2D eigenvalue weighted by Crippen LogP contribution is -2.24. The predicted octanol–water partition coefficient (Wildman–Crippen LogP) is 5.77. The fraction of sp³-hybridized carbons (Fsp3) is 1.00. The Bertz CT molecular complexity index is 159. The molecule has 0 aromatic heterocycles. The van der Waals surface area contributed by atoms with E-state index in [1.54, 1.807) is 0 Å². The van der Waals surface area contributed by atoms with E-state index in [-0.39, 0.29) is 0 Å². The first-order chi connectivity index (χ1) is 7.43. The van der Waals surface area contributed by atoms with Crippen molar-refractivity contribution in [3.8, 4) is 0 Å². The summed E-state index contributed by atoms with van der Waals surface area (Å²) < 4.78 is 0. The second-order valence-corrected chi connectivity index (χ2v) is 6.28. The second-order valence-electron chi connectivity index (χ2n) is 6.28. The minimum Gasteiger partial charge on any atom is -0.0654 e. The molecule has 0 heterocycles. The van der Waals surface area contributed by atoms with Gasteiger partial charge in [0.25, 0.3) is 0 Å². The average molecular weight is 226 g/mol. The molecular weight excluding hydrogens is 192 g/mol. The third-order valence-corrected chi connectivity index (χ3v) is 4.48. The van der Waals surface area contributed by atoms with Crippen molar-refractivity contribution in [1.82, 2.24) is 0 Å². The molecule has 0 aromatic rings. The van der Waals surface area contributed by atoms with Crippen LogP contribution in [0.2, 0.25) is 0 Å². The Morgan fingerprint density at radius 1 is 0.875 bits per heavy atom. The van der Waals surface area contributed by atoms with Crippen LogP contribution < -0.4 is 0 Å². The Kier molecular flexibility index (Phi) is 8.14. The van der Waals surface area contributed by atoms with Gasteiger partial charge in [-0.05, 0) is 36.0 Å². The Labute approximate surface area is 104 Å². The molecule has 0 aliphatic carbocycles. The predicted molar refractivity (Wildman–Crippen MR) is 75.6 cm³/mol. The molecule has 0 aliphatic rings. The number of rotatable bonds is 8. The van der Waals surface area contributed by atoms with Gasteiger partial charge in [0.1, 0.15) is 0 Å². The van der Waals surface area contributed by atoms with E-state index in [1.807, 2.05) is 0 Å². The topological polar surface area (TPSA) is 0 Å². The first-order valence-corrected chi connectivity index (χ1v) is 7.43. The highest BCUT2D eigenvalue weighted by Crippen LogP contribution is 2.33. The van der Waals surface area contributed by atoms with Crippen LogP contribution in [0.25, 0.3) is 0 Å². The van der Waals surface area contributed by atoms with Crippen molar-refractivity contribution in [3.05, 3.63) is 0 Å². The van der Waals surface area contributed by atoms with Gasteiger partial charge < -0.3 is 0 Å². The lowest BCUT2D eigenvalue weighted by molar-refractivity contribution is 0.173. The largest absolute Gasteiger partial charge is 0.0654 e. The molecule has 0 nitrogen and oxygen atoms in total. The summed E-state index contributed by atoms with van der Waals surface area (Å²) in [4.78, 5) is 0. The third-order valence-electron chi connectivity index (χ3n) is 4.48. The Morgan fingerprint density at radius 3 is 1.81 bits per heavy atom. The summed E-state index contributed by atoms with van der Waals surface area (Å²) in [7, 11) is 0. The monoisotopic (exact) mass is 226 g/mol. The van der Waals surface area contributed by atoms with Crippen LogP contribution in [-0.2, 0) is 0 Å². The fourth-order valence-corrected chi connectivity index (χ4v) is 3.21. The van der Waals surface area contributed by atoms with Gasteiger partial charge in [0.15, 0.2) is 0 Å². The zero-order valence-corrected chi connectivity index (χ0v) is 12.7. The van der Waals surface area contributed by atoms with Gasteiger partial charge in [-0.2, -0.15) is 0 Å². The molecule has 0 fully saturated rings. The van der Waals surface area contributed by atoms with E-state index in [0.717, 1.165) is 29.6 Å². The highest BCUT2D eigenvalue weighted by Gasteiger charge is 2.25. The van der Waals surface area contributed by atoms with E-state index in [0.29, 0.717) is 0 Å². The zero-order valence-electron chi connectivity index (χ0n) is 12.7. The molecule has 0 rings (SSSR count). The van der Waals surface area contributed by atoms with Crippen LogP contribution in [0.1, 0.15) is 74.1 Å². The molecule has 4 unspecified atom stereocenters. The highest BCUT2D eigenvalue weighted by atomic mass is 14.3. The van der Waals surface area contributed by atoms with Crippen LogP contribution in [0.3, 0.4) is 0 Å². The molecule has 0 saturated heterocycles. The summed E-state index contributed by atoms with van der Waals surface area (Å²) in [5.74, 6) is 4.42. The summed E-state index contributed by atoms with van der Waals surface area (Å²) >= 11 is 0. The molecule has 0 heteroatoms. The van der Waals surface area contributed by atoms with Crippen LogP contribution in [0.15, 0.2) is 0 Å². The first-order valence-electron chi connectivity index (χ1n) is 7.43. The smallest absolute Gasteiger partial charge is 0.0363 e. The zero-order chi connectivity index (χ0) is 12.7. The van der Waals surface area contributed by atoms with Crippen molar-refractivity contribution < 1.29 is 0 Å². The average Bonchev–Trinajstić information content (AvgIpc) is 2.18. The van der Waals surface area contributed by atoms with E-state index in [2.05, 4.69) is 48.5 Å². The molecule has 98 valence electrons. The van der Waals surface area contributed by atoms with Crippen LogP contribution in [0.4, 0.5) is 0 Å². The highest BCUT2D eigenvalue weighted by molar-refractivity contribution is 4.74. The third kappa shape index (κ3) is 5.37. The fourth-order valence-electron chi connectivity index (χ4n) is 3.21. The quantitative estimate of drug-likeness (QED) is 0.493. The van der Waals surface area contributed by atoms with Gasteiger partial charge in [-0.15, -0.1) is 0 Å². The maximum Gasteiger partial charge on any atom is -0.0363 e. The Hall–Kier alpha value is 0. The summed E-state index contributed by atoms with van der Waals surface area (Å²) in [6.45, 7) is 16.7. The van der Waals surface area contributed by atoms with Gasteiger partial charge >= 0.3 is 0 Å². The molecule has 0 radical (unpaired) electrons. The van der Waals surface area contributed by atoms with Crippen LogP contribution in [0.5, 0.6) is 0 Å². The summed E-state index contributed by atoms with van der Waals surface area (Å²) in [5.41, 5.74) is 0. The molecular formula is C16H34. The maximum absolute atomic E-state index is 2.47. The molecule has 0 spiro atoms. The molecule has 4 atom stereocenters. The van der Waals surface area contributed by atoms with Crippen LogP contribution in [-0.4, -0.2) is 0 Å². The lowest BCUT2D eigenvalue weighted by Gasteiger charge is -2.32. The number of hydrogen-bond donors (Lipinski definition) is 0. The van der Waals surface area contributed by atoms with Crippen molar-refractivity contribution in [2.24, 2.45) is 29.6 Å². The maximum atomic E-state index is 2.47. The minimum atomic E-state index is 0.828. The van der Waals surface area contributed by atoms with E-state index in [4.69, 9.17) is 0 Å². The summed E-state index contributed by atoms with van der Waals surface area (Å²) in [6, 6.07) is 0. The molecule has 0 saturated carbocycles. The van der Waals surface area contributed by atoms with E-state index in [9.17, 15) is 0 Å². The Balaban J connectivity index is 4.24. The molecule has 0 N–H and O–H groups in total. The molecule has 0 aliphatic heterocycles. The number of hydrogen-bond acceptors (Lipinski definition) is 0. The molecule has 0 aromatic carbocycles. The van der Waals surface area contributed by atoms with E-state index in [1.165, 1.54) is 25.7 Å². The first kappa shape index (κ1) is 16.0. The van der Waals surface area contributed by atoms with Gasteiger partial charge in [0.05, 0.1) is 0 Å². The van der Waals surface area contributed by atoms with Crippen LogP contribution >= 0.6 is 0 Å². The van der Waals surface area contributed by atoms with Gasteiger partial charge in [-0.1, -0.05) is 67.7 Å². The van der Waals surface area contributed by atoms with Gasteiger partial charge in [0.2, 0.25) is 0 Å². The van der Waals surface area contributed by atoms with Crippen molar-refractivity contribution in [2.75, 3.05) is 0 Å². The van der Waals surface area contributed by atoms with E-state index < -0.39 is 0 Å². The van der Waals surface area contributed by atoms with Gasteiger partial charge in [-0.25, -0.2) is 0 Å². The summed E-state index contributed by atoms with van der Waals surface area (Å²) in [5, 5.41) is 0. The van der Waals surface area contributed by atoms with Crippen molar-refractivity contribution >= 4 is 0 Å². The van der Waals surface area contributed by atoms with Gasteiger partial charge in [0, 0.05) is 0 Å².